The Morgan fingerprint density at radius 1 is 0.971 bits per heavy atom. The van der Waals surface area contributed by atoms with Crippen LogP contribution in [-0.4, -0.2) is 64.7 Å². The zero-order valence-electron chi connectivity index (χ0n) is 19.5. The molecule has 1 saturated carbocycles. The van der Waals surface area contributed by atoms with Crippen molar-refractivity contribution in [1.29, 1.82) is 0 Å². The molecular weight excluding hydrogens is 426 g/mol. The third-order valence-corrected chi connectivity index (χ3v) is 7.56. The average molecular weight is 460 g/mol. The maximum absolute atomic E-state index is 12.9. The molecule has 2 aromatic carbocycles. The van der Waals surface area contributed by atoms with Crippen molar-refractivity contribution in [3.05, 3.63) is 71.3 Å². The van der Waals surface area contributed by atoms with E-state index in [-0.39, 0.29) is 49.1 Å². The standard InChI is InChI=1S/C28H33N3O3/c32-19-25-27(22-15-13-21(14-16-22)12-11-20-7-3-1-4-8-20)24-17-30(18-26(33)31(24)25)28(34)29-23-9-5-2-6-10-23/h1,3-4,7-8,11-16,23-25,27,32H,2,5-6,9-10,17-19H2,(H,29,34)/b12-11+/t24-,25-,27-/m1/s1. The number of benzene rings is 2. The summed E-state index contributed by atoms with van der Waals surface area (Å²) < 4.78 is 0. The van der Waals surface area contributed by atoms with Gasteiger partial charge in [0.05, 0.1) is 18.7 Å². The minimum atomic E-state index is -0.230. The molecule has 3 aliphatic rings. The summed E-state index contributed by atoms with van der Waals surface area (Å²) in [6.45, 7) is 0.513. The molecule has 1 aliphatic carbocycles. The van der Waals surface area contributed by atoms with E-state index in [9.17, 15) is 14.7 Å². The molecule has 2 saturated heterocycles. The number of nitrogens with one attached hydrogen (secondary N) is 1. The summed E-state index contributed by atoms with van der Waals surface area (Å²) in [6.07, 6.45) is 9.73. The molecule has 2 aromatic rings. The SMILES string of the molecule is O=C(NC1CCCCC1)N1CC(=O)N2[C@H](CO)[C@H](c3ccc(/C=C/c4ccccc4)cc3)[C@H]2C1. The van der Waals surface area contributed by atoms with Gasteiger partial charge in [-0.25, -0.2) is 4.79 Å². The van der Waals surface area contributed by atoms with E-state index in [0.717, 1.165) is 42.4 Å². The van der Waals surface area contributed by atoms with Gasteiger partial charge in [-0.15, -0.1) is 0 Å². The maximum Gasteiger partial charge on any atom is 0.318 e. The van der Waals surface area contributed by atoms with E-state index in [1.165, 1.54) is 6.42 Å². The molecule has 0 bridgehead atoms. The normalized spacial score (nSPS) is 25.2. The highest BCUT2D eigenvalue weighted by atomic mass is 16.3. The number of rotatable bonds is 5. The van der Waals surface area contributed by atoms with Crippen LogP contribution in [0.3, 0.4) is 0 Å². The Labute approximate surface area is 201 Å². The largest absolute Gasteiger partial charge is 0.394 e. The van der Waals surface area contributed by atoms with Crippen molar-refractivity contribution >= 4 is 24.1 Å². The number of hydrogen-bond acceptors (Lipinski definition) is 3. The Morgan fingerprint density at radius 2 is 1.65 bits per heavy atom. The summed E-state index contributed by atoms with van der Waals surface area (Å²) in [5.74, 6) is -0.0563. The van der Waals surface area contributed by atoms with Gasteiger partial charge in [0.25, 0.3) is 0 Å². The molecule has 6 nitrogen and oxygen atoms in total. The van der Waals surface area contributed by atoms with E-state index >= 15 is 0 Å². The van der Waals surface area contributed by atoms with Crippen LogP contribution in [-0.2, 0) is 4.79 Å². The molecule has 0 spiro atoms. The maximum atomic E-state index is 12.9. The summed E-state index contributed by atoms with van der Waals surface area (Å²) in [5, 5.41) is 13.2. The molecule has 0 radical (unpaired) electrons. The van der Waals surface area contributed by atoms with Gasteiger partial charge in [0, 0.05) is 18.5 Å². The van der Waals surface area contributed by atoms with Crippen LogP contribution in [0.1, 0.15) is 54.7 Å². The number of amides is 3. The van der Waals surface area contributed by atoms with Gasteiger partial charge < -0.3 is 20.2 Å². The monoisotopic (exact) mass is 459 g/mol. The van der Waals surface area contributed by atoms with Crippen LogP contribution >= 0.6 is 0 Å². The van der Waals surface area contributed by atoms with E-state index in [2.05, 4.69) is 53.9 Å². The molecule has 3 amide bonds. The summed E-state index contributed by atoms with van der Waals surface area (Å²) in [6, 6.07) is 18.2. The quantitative estimate of drug-likeness (QED) is 0.667. The molecule has 178 valence electrons. The fourth-order valence-electron chi connectivity index (χ4n) is 5.75. The molecule has 34 heavy (non-hydrogen) atoms. The van der Waals surface area contributed by atoms with E-state index in [4.69, 9.17) is 0 Å². The van der Waals surface area contributed by atoms with E-state index in [1.54, 1.807) is 9.80 Å². The Balaban J connectivity index is 1.27. The lowest BCUT2D eigenvalue weighted by molar-refractivity contribution is -0.159. The number of hydrogen-bond donors (Lipinski definition) is 2. The lowest BCUT2D eigenvalue weighted by Gasteiger charge is -2.58. The van der Waals surface area contributed by atoms with Gasteiger partial charge >= 0.3 is 6.03 Å². The summed E-state index contributed by atoms with van der Waals surface area (Å²) in [7, 11) is 0. The molecule has 5 rings (SSSR count). The smallest absolute Gasteiger partial charge is 0.318 e. The van der Waals surface area contributed by atoms with Crippen LogP contribution in [0.5, 0.6) is 0 Å². The fourth-order valence-corrected chi connectivity index (χ4v) is 5.75. The third-order valence-electron chi connectivity index (χ3n) is 7.56. The van der Waals surface area contributed by atoms with Gasteiger partial charge in [-0.2, -0.15) is 0 Å². The summed E-state index contributed by atoms with van der Waals surface area (Å²) in [5.41, 5.74) is 3.34. The van der Waals surface area contributed by atoms with Crippen molar-refractivity contribution in [2.45, 2.75) is 56.1 Å². The number of aliphatic hydroxyl groups excluding tert-OH is 1. The summed E-state index contributed by atoms with van der Waals surface area (Å²) in [4.78, 5) is 29.2. The Hall–Kier alpha value is -3.12. The fraction of sp³-hybridized carbons (Fsp3) is 0.429. The first kappa shape index (κ1) is 22.7. The van der Waals surface area contributed by atoms with Crippen LogP contribution in [0.25, 0.3) is 12.2 Å². The first-order valence-corrected chi connectivity index (χ1v) is 12.4. The molecular formula is C28H33N3O3. The molecule has 2 heterocycles. The predicted molar refractivity (Wildman–Crippen MR) is 133 cm³/mol. The van der Waals surface area contributed by atoms with E-state index in [1.807, 2.05) is 18.2 Å². The first-order valence-electron chi connectivity index (χ1n) is 12.4. The Morgan fingerprint density at radius 3 is 2.32 bits per heavy atom. The number of piperazine rings is 1. The van der Waals surface area contributed by atoms with Gasteiger partial charge in [-0.1, -0.05) is 86.0 Å². The number of urea groups is 1. The molecule has 6 heteroatoms. The number of carbonyl (C=O) groups excluding carboxylic acids is 2. The molecule has 3 atom stereocenters. The van der Waals surface area contributed by atoms with E-state index in [0.29, 0.717) is 6.54 Å². The average Bonchev–Trinajstić information content (AvgIpc) is 2.86. The van der Waals surface area contributed by atoms with Crippen molar-refractivity contribution in [2.75, 3.05) is 19.7 Å². The van der Waals surface area contributed by atoms with Gasteiger partial charge in [0.15, 0.2) is 0 Å². The van der Waals surface area contributed by atoms with Crippen molar-refractivity contribution < 1.29 is 14.7 Å². The Kier molecular flexibility index (Phi) is 6.68. The van der Waals surface area contributed by atoms with Crippen molar-refractivity contribution in [3.63, 3.8) is 0 Å². The first-order chi connectivity index (χ1) is 16.6. The molecule has 3 fully saturated rings. The van der Waals surface area contributed by atoms with Gasteiger partial charge in [0.2, 0.25) is 5.91 Å². The van der Waals surface area contributed by atoms with Crippen LogP contribution < -0.4 is 5.32 Å². The number of fused-ring (bicyclic) bond motifs is 1. The zero-order chi connectivity index (χ0) is 23.5. The highest BCUT2D eigenvalue weighted by molar-refractivity contribution is 5.87. The number of carbonyl (C=O) groups is 2. The predicted octanol–water partition coefficient (Wildman–Crippen LogP) is 3.87. The minimum absolute atomic E-state index is 0.0198. The molecule has 0 aromatic heterocycles. The van der Waals surface area contributed by atoms with Crippen LogP contribution in [0.4, 0.5) is 4.79 Å². The molecule has 2 aliphatic heterocycles. The second-order valence-electron chi connectivity index (χ2n) is 9.72. The molecule has 2 N–H and O–H groups in total. The van der Waals surface area contributed by atoms with Crippen molar-refractivity contribution in [2.24, 2.45) is 0 Å². The topological polar surface area (TPSA) is 72.9 Å². The lowest BCUT2D eigenvalue weighted by atomic mass is 9.73. The van der Waals surface area contributed by atoms with Crippen LogP contribution in [0, 0.1) is 0 Å². The highest BCUT2D eigenvalue weighted by Crippen LogP contribution is 2.43. The van der Waals surface area contributed by atoms with Crippen molar-refractivity contribution in [1.82, 2.24) is 15.1 Å². The van der Waals surface area contributed by atoms with Gasteiger partial charge in [-0.05, 0) is 29.5 Å². The van der Waals surface area contributed by atoms with Crippen LogP contribution in [0.2, 0.25) is 0 Å². The zero-order valence-corrected chi connectivity index (χ0v) is 19.5. The van der Waals surface area contributed by atoms with Crippen LogP contribution in [0.15, 0.2) is 54.6 Å². The number of nitrogens with zero attached hydrogens (tertiary/aromatic N) is 2. The van der Waals surface area contributed by atoms with E-state index < -0.39 is 0 Å². The highest BCUT2D eigenvalue weighted by Gasteiger charge is 2.54. The second kappa shape index (κ2) is 10.0. The third kappa shape index (κ3) is 4.60. The number of aliphatic hydroxyl groups is 1. The van der Waals surface area contributed by atoms with Gasteiger partial charge in [0.1, 0.15) is 6.54 Å². The lowest BCUT2D eigenvalue weighted by Crippen LogP contribution is -2.74. The Bertz CT molecular complexity index is 1030. The second-order valence-corrected chi connectivity index (χ2v) is 9.72. The minimum Gasteiger partial charge on any atom is -0.394 e. The summed E-state index contributed by atoms with van der Waals surface area (Å²) >= 11 is 0. The molecule has 0 unspecified atom stereocenters. The van der Waals surface area contributed by atoms with Crippen molar-refractivity contribution in [3.8, 4) is 0 Å². The van der Waals surface area contributed by atoms with Gasteiger partial charge in [-0.3, -0.25) is 4.79 Å².